The second kappa shape index (κ2) is 6.21. The Labute approximate surface area is 121 Å². The highest BCUT2D eigenvalue weighted by Crippen LogP contribution is 2.29. The SMILES string of the molecule is CCC(C)(Nc1ccc(C(=O)NC)cc1[N+](=O)[O-])C(=O)O. The number of hydrogen-bond acceptors (Lipinski definition) is 5. The van der Waals surface area contributed by atoms with E-state index in [0.29, 0.717) is 0 Å². The highest BCUT2D eigenvalue weighted by atomic mass is 16.6. The minimum atomic E-state index is -1.33. The molecule has 0 aromatic heterocycles. The minimum absolute atomic E-state index is 0.0550. The number of aliphatic carboxylic acids is 1. The quantitative estimate of drug-likeness (QED) is 0.541. The van der Waals surface area contributed by atoms with E-state index < -0.39 is 22.3 Å². The Morgan fingerprint density at radius 1 is 1.43 bits per heavy atom. The Morgan fingerprint density at radius 3 is 2.48 bits per heavy atom. The Kier molecular flexibility index (Phi) is 4.85. The van der Waals surface area contributed by atoms with Gasteiger partial charge < -0.3 is 15.7 Å². The number of anilines is 1. The van der Waals surface area contributed by atoms with Crippen molar-refractivity contribution in [3.8, 4) is 0 Å². The average molecular weight is 295 g/mol. The molecule has 8 nitrogen and oxygen atoms in total. The second-order valence-corrected chi connectivity index (χ2v) is 4.68. The average Bonchev–Trinajstić information content (AvgIpc) is 2.46. The van der Waals surface area contributed by atoms with Crippen LogP contribution in [-0.2, 0) is 4.79 Å². The fraction of sp³-hybridized carbons (Fsp3) is 0.385. The fourth-order valence-electron chi connectivity index (χ4n) is 1.66. The molecule has 0 aliphatic rings. The third-order valence-electron chi connectivity index (χ3n) is 3.27. The summed E-state index contributed by atoms with van der Waals surface area (Å²) in [5.74, 6) is -1.57. The molecule has 8 heteroatoms. The zero-order chi connectivity index (χ0) is 16.2. The third kappa shape index (κ3) is 3.47. The van der Waals surface area contributed by atoms with Gasteiger partial charge in [-0.3, -0.25) is 14.9 Å². The number of carboxylic acids is 1. The number of nitro groups is 1. The van der Waals surface area contributed by atoms with Crippen molar-refractivity contribution in [1.29, 1.82) is 0 Å². The predicted octanol–water partition coefficient (Wildman–Crippen LogP) is 1.62. The van der Waals surface area contributed by atoms with E-state index in [1.54, 1.807) is 6.92 Å². The zero-order valence-corrected chi connectivity index (χ0v) is 12.0. The van der Waals surface area contributed by atoms with Gasteiger partial charge in [-0.25, -0.2) is 4.79 Å². The van der Waals surface area contributed by atoms with E-state index >= 15 is 0 Å². The maximum Gasteiger partial charge on any atom is 0.329 e. The van der Waals surface area contributed by atoms with Crippen molar-refractivity contribution in [2.45, 2.75) is 25.8 Å². The van der Waals surface area contributed by atoms with Gasteiger partial charge in [0.25, 0.3) is 11.6 Å². The van der Waals surface area contributed by atoms with Crippen LogP contribution in [0.3, 0.4) is 0 Å². The molecule has 114 valence electrons. The molecule has 0 aliphatic heterocycles. The summed E-state index contributed by atoms with van der Waals surface area (Å²) in [6, 6.07) is 3.84. The maximum absolute atomic E-state index is 11.5. The van der Waals surface area contributed by atoms with Crippen LogP contribution >= 0.6 is 0 Å². The Hall–Kier alpha value is -2.64. The van der Waals surface area contributed by atoms with Crippen LogP contribution in [0.1, 0.15) is 30.6 Å². The number of carbonyl (C=O) groups is 2. The van der Waals surface area contributed by atoms with Crippen LogP contribution in [0.2, 0.25) is 0 Å². The summed E-state index contributed by atoms with van der Waals surface area (Å²) in [7, 11) is 1.42. The lowest BCUT2D eigenvalue weighted by molar-refractivity contribution is -0.384. The van der Waals surface area contributed by atoms with Crippen molar-refractivity contribution in [2.24, 2.45) is 0 Å². The Bertz CT molecular complexity index is 587. The molecule has 0 radical (unpaired) electrons. The summed E-state index contributed by atoms with van der Waals surface area (Å²) >= 11 is 0. The molecule has 0 fully saturated rings. The largest absolute Gasteiger partial charge is 0.480 e. The van der Waals surface area contributed by atoms with E-state index in [1.165, 1.54) is 26.1 Å². The molecule has 1 unspecified atom stereocenters. The van der Waals surface area contributed by atoms with Crippen molar-refractivity contribution in [2.75, 3.05) is 12.4 Å². The predicted molar refractivity (Wildman–Crippen MR) is 76.4 cm³/mol. The van der Waals surface area contributed by atoms with Gasteiger partial charge in [0.1, 0.15) is 11.2 Å². The van der Waals surface area contributed by atoms with Gasteiger partial charge >= 0.3 is 5.97 Å². The molecule has 1 aromatic carbocycles. The number of benzene rings is 1. The molecule has 0 saturated heterocycles. The molecular weight excluding hydrogens is 278 g/mol. The van der Waals surface area contributed by atoms with Crippen molar-refractivity contribution < 1.29 is 19.6 Å². The van der Waals surface area contributed by atoms with Gasteiger partial charge in [-0.2, -0.15) is 0 Å². The smallest absolute Gasteiger partial charge is 0.329 e. The van der Waals surface area contributed by atoms with E-state index in [1.807, 2.05) is 0 Å². The van der Waals surface area contributed by atoms with E-state index in [0.717, 1.165) is 6.07 Å². The summed E-state index contributed by atoms with van der Waals surface area (Å²) in [4.78, 5) is 33.2. The van der Waals surface area contributed by atoms with E-state index in [-0.39, 0.29) is 23.4 Å². The van der Waals surface area contributed by atoms with Crippen LogP contribution in [-0.4, -0.2) is 34.5 Å². The summed E-state index contributed by atoms with van der Waals surface area (Å²) in [6.07, 6.45) is 0.233. The van der Waals surface area contributed by atoms with Gasteiger partial charge in [-0.05, 0) is 25.5 Å². The molecule has 0 saturated carbocycles. The summed E-state index contributed by atoms with van der Waals surface area (Å²) in [5, 5.41) is 25.4. The lowest BCUT2D eigenvalue weighted by atomic mass is 9.98. The lowest BCUT2D eigenvalue weighted by Crippen LogP contribution is -2.42. The molecule has 0 heterocycles. The Balaban J connectivity index is 3.27. The van der Waals surface area contributed by atoms with E-state index in [9.17, 15) is 24.8 Å². The van der Waals surface area contributed by atoms with Crippen LogP contribution < -0.4 is 10.6 Å². The van der Waals surface area contributed by atoms with Crippen molar-refractivity contribution >= 4 is 23.3 Å². The van der Waals surface area contributed by atoms with Crippen LogP contribution in [0, 0.1) is 10.1 Å². The lowest BCUT2D eigenvalue weighted by Gasteiger charge is -2.25. The van der Waals surface area contributed by atoms with Crippen molar-refractivity contribution in [3.63, 3.8) is 0 Å². The first-order valence-electron chi connectivity index (χ1n) is 6.27. The highest BCUT2D eigenvalue weighted by Gasteiger charge is 2.33. The second-order valence-electron chi connectivity index (χ2n) is 4.68. The number of rotatable bonds is 6. The first kappa shape index (κ1) is 16.4. The Morgan fingerprint density at radius 2 is 2.05 bits per heavy atom. The molecule has 21 heavy (non-hydrogen) atoms. The fourth-order valence-corrected chi connectivity index (χ4v) is 1.66. The number of carbonyl (C=O) groups excluding carboxylic acids is 1. The number of amides is 1. The third-order valence-corrected chi connectivity index (χ3v) is 3.27. The van der Waals surface area contributed by atoms with Gasteiger partial charge in [-0.15, -0.1) is 0 Å². The van der Waals surface area contributed by atoms with Crippen LogP contribution in [0.25, 0.3) is 0 Å². The molecular formula is C13H17N3O5. The van der Waals surface area contributed by atoms with Crippen molar-refractivity contribution in [1.82, 2.24) is 5.32 Å². The van der Waals surface area contributed by atoms with Gasteiger partial charge in [0.05, 0.1) is 4.92 Å². The zero-order valence-electron chi connectivity index (χ0n) is 12.0. The number of nitro benzene ring substituents is 1. The molecule has 0 spiro atoms. The number of nitrogens with one attached hydrogen (secondary N) is 2. The normalized spacial score (nSPS) is 13.1. The minimum Gasteiger partial charge on any atom is -0.480 e. The van der Waals surface area contributed by atoms with Crippen LogP contribution in [0.5, 0.6) is 0 Å². The summed E-state index contributed by atoms with van der Waals surface area (Å²) in [6.45, 7) is 3.09. The first-order chi connectivity index (χ1) is 9.75. The first-order valence-corrected chi connectivity index (χ1v) is 6.27. The van der Waals surface area contributed by atoms with E-state index in [2.05, 4.69) is 10.6 Å². The molecule has 3 N–H and O–H groups in total. The summed E-state index contributed by atoms with van der Waals surface area (Å²) in [5.41, 5.74) is -1.50. The summed E-state index contributed by atoms with van der Waals surface area (Å²) < 4.78 is 0. The molecule has 0 bridgehead atoms. The topological polar surface area (TPSA) is 122 Å². The maximum atomic E-state index is 11.5. The number of nitrogens with zero attached hydrogens (tertiary/aromatic N) is 1. The molecule has 0 aliphatic carbocycles. The highest BCUT2D eigenvalue weighted by molar-refractivity contribution is 5.95. The monoisotopic (exact) mass is 295 g/mol. The van der Waals surface area contributed by atoms with E-state index in [4.69, 9.17) is 0 Å². The van der Waals surface area contributed by atoms with Gasteiger partial charge in [0.15, 0.2) is 0 Å². The molecule has 1 rings (SSSR count). The molecule has 1 aromatic rings. The van der Waals surface area contributed by atoms with Crippen molar-refractivity contribution in [3.05, 3.63) is 33.9 Å². The van der Waals surface area contributed by atoms with Gasteiger partial charge in [-0.1, -0.05) is 6.92 Å². The van der Waals surface area contributed by atoms with Gasteiger partial charge in [0.2, 0.25) is 0 Å². The molecule has 1 atom stereocenters. The van der Waals surface area contributed by atoms with Crippen LogP contribution in [0.15, 0.2) is 18.2 Å². The number of carboxylic acid groups (broad SMARTS) is 1. The molecule has 1 amide bonds. The standard InChI is InChI=1S/C13H17N3O5/c1-4-13(2,12(18)19)15-9-6-5-8(11(17)14-3)7-10(9)16(20)21/h5-7,15H,4H2,1-3H3,(H,14,17)(H,18,19). The van der Waals surface area contributed by atoms with Gasteiger partial charge in [0, 0.05) is 18.7 Å². The van der Waals surface area contributed by atoms with Crippen LogP contribution in [0.4, 0.5) is 11.4 Å². The number of hydrogen-bond donors (Lipinski definition) is 3.